The van der Waals surface area contributed by atoms with Crippen molar-refractivity contribution in [3.8, 4) is 0 Å². The molecule has 11 heteroatoms. The van der Waals surface area contributed by atoms with Gasteiger partial charge >= 0.3 is 6.36 Å². The molecule has 4 aliphatic rings. The van der Waals surface area contributed by atoms with Crippen LogP contribution < -0.4 is 16.3 Å². The van der Waals surface area contributed by atoms with Crippen LogP contribution in [0.1, 0.15) is 32.1 Å². The van der Waals surface area contributed by atoms with Gasteiger partial charge in [-0.25, -0.2) is 10.4 Å². The molecule has 6 unspecified atom stereocenters. The van der Waals surface area contributed by atoms with Crippen LogP contribution in [0.2, 0.25) is 0 Å². The van der Waals surface area contributed by atoms with Crippen LogP contribution in [0.3, 0.4) is 0 Å². The summed E-state index contributed by atoms with van der Waals surface area (Å²) in [6, 6.07) is -0.168. The maximum Gasteiger partial charge on any atom is 0.522 e. The van der Waals surface area contributed by atoms with E-state index in [-0.39, 0.29) is 30.0 Å². The maximum atomic E-state index is 12.8. The Morgan fingerprint density at radius 1 is 1.07 bits per heavy atom. The number of nitrogens with zero attached hydrogens (tertiary/aromatic N) is 2. The van der Waals surface area contributed by atoms with Gasteiger partial charge in [0.05, 0.1) is 12.1 Å². The van der Waals surface area contributed by atoms with Crippen molar-refractivity contribution >= 4 is 17.5 Å². The van der Waals surface area contributed by atoms with Crippen LogP contribution in [0.4, 0.5) is 13.2 Å². The maximum absolute atomic E-state index is 12.8. The average Bonchev–Trinajstić information content (AvgIpc) is 3.06. The number of amides is 1. The Morgan fingerprint density at radius 2 is 1.86 bits per heavy atom. The number of hydrazine groups is 2. The summed E-state index contributed by atoms with van der Waals surface area (Å²) < 4.78 is 43.0. The van der Waals surface area contributed by atoms with E-state index in [2.05, 4.69) is 25.9 Å². The summed E-state index contributed by atoms with van der Waals surface area (Å²) in [5.74, 6) is 0.0663. The monoisotopic (exact) mass is 425 g/mol. The minimum atomic E-state index is -4.60. The first-order valence-corrected chi connectivity index (χ1v) is 10.4. The van der Waals surface area contributed by atoms with E-state index in [0.717, 1.165) is 38.9 Å². The number of fused-ring (bicyclic) bond motifs is 1. The number of likely N-dealkylation sites (tertiary alicyclic amines) is 1. The van der Waals surface area contributed by atoms with Gasteiger partial charge in [-0.3, -0.25) is 25.3 Å². The summed E-state index contributed by atoms with van der Waals surface area (Å²) in [6.45, 7) is 2.84. The van der Waals surface area contributed by atoms with Gasteiger partial charge in [0.15, 0.2) is 0 Å². The Morgan fingerprint density at radius 3 is 2.64 bits per heavy atom. The zero-order chi connectivity index (χ0) is 19.9. The molecule has 0 spiro atoms. The second-order valence-corrected chi connectivity index (χ2v) is 8.64. The van der Waals surface area contributed by atoms with E-state index in [4.69, 9.17) is 11.6 Å². The number of halogens is 4. The first-order valence-electron chi connectivity index (χ1n) is 10.0. The predicted molar refractivity (Wildman–Crippen MR) is 96.1 cm³/mol. The molecule has 3 N–H and O–H groups in total. The van der Waals surface area contributed by atoms with Crippen molar-refractivity contribution in [1.29, 1.82) is 0 Å². The minimum absolute atomic E-state index is 0.0820. The molecule has 0 radical (unpaired) electrons. The van der Waals surface area contributed by atoms with E-state index in [9.17, 15) is 18.0 Å². The van der Waals surface area contributed by atoms with Crippen LogP contribution in [-0.2, 0) is 9.53 Å². The number of piperidine rings is 1. The van der Waals surface area contributed by atoms with Gasteiger partial charge in [0.2, 0.25) is 0 Å². The smallest absolute Gasteiger partial charge is 0.297 e. The van der Waals surface area contributed by atoms with Crippen molar-refractivity contribution in [1.82, 2.24) is 26.2 Å². The number of nitrogens with one attached hydrogen (secondary N) is 3. The highest BCUT2D eigenvalue weighted by Crippen LogP contribution is 2.36. The number of carbonyl (C=O) groups is 1. The zero-order valence-electron chi connectivity index (χ0n) is 15.6. The summed E-state index contributed by atoms with van der Waals surface area (Å²) >= 11 is 6.30. The summed E-state index contributed by atoms with van der Waals surface area (Å²) in [6.07, 6.45) is -1.78. The SMILES string of the molecule is O=C1NNCC(N2CCC3C(CNN3C3CCCCC3OC(F)(F)F)C2)C1Cl. The highest BCUT2D eigenvalue weighted by molar-refractivity contribution is 6.31. The molecule has 0 aromatic rings. The van der Waals surface area contributed by atoms with Crippen LogP contribution in [0.15, 0.2) is 0 Å². The molecule has 28 heavy (non-hydrogen) atoms. The molecular weight excluding hydrogens is 399 g/mol. The average molecular weight is 426 g/mol. The van der Waals surface area contributed by atoms with Crippen molar-refractivity contribution in [3.05, 3.63) is 0 Å². The van der Waals surface area contributed by atoms with Gasteiger partial charge in [0.25, 0.3) is 5.91 Å². The van der Waals surface area contributed by atoms with Gasteiger partial charge in [0.1, 0.15) is 5.38 Å². The van der Waals surface area contributed by atoms with E-state index in [1.165, 1.54) is 0 Å². The molecule has 7 nitrogen and oxygen atoms in total. The molecule has 0 bridgehead atoms. The number of hydrogen-bond donors (Lipinski definition) is 3. The van der Waals surface area contributed by atoms with E-state index in [0.29, 0.717) is 19.4 Å². The third kappa shape index (κ3) is 4.27. The molecule has 1 saturated carbocycles. The standard InChI is InChI=1S/C17H27ClF3N5O2/c18-15-13(8-22-24-16(15)27)25-6-5-11-10(9-25)7-23-26(11)12-3-1-2-4-14(12)28-17(19,20)21/h10-15,22-23H,1-9H2,(H,24,27). The quantitative estimate of drug-likeness (QED) is 0.585. The van der Waals surface area contributed by atoms with Gasteiger partial charge in [-0.2, -0.15) is 0 Å². The van der Waals surface area contributed by atoms with Crippen molar-refractivity contribution < 1.29 is 22.7 Å². The molecule has 4 rings (SSSR count). The van der Waals surface area contributed by atoms with Crippen LogP contribution in [-0.4, -0.2) is 78.0 Å². The molecule has 3 heterocycles. The Bertz CT molecular complexity index is 583. The molecule has 3 aliphatic heterocycles. The second-order valence-electron chi connectivity index (χ2n) is 8.17. The summed E-state index contributed by atoms with van der Waals surface area (Å²) in [4.78, 5) is 14.1. The van der Waals surface area contributed by atoms with Gasteiger partial charge in [0, 0.05) is 44.2 Å². The normalized spacial score (nSPS) is 40.9. The Kier molecular flexibility index (Phi) is 6.06. The number of ether oxygens (including phenoxy) is 1. The highest BCUT2D eigenvalue weighted by atomic mass is 35.5. The second kappa shape index (κ2) is 8.23. The molecule has 4 fully saturated rings. The van der Waals surface area contributed by atoms with Crippen LogP contribution in [0.25, 0.3) is 0 Å². The topological polar surface area (TPSA) is 68.9 Å². The highest BCUT2D eigenvalue weighted by Gasteiger charge is 2.48. The fraction of sp³-hybridized carbons (Fsp3) is 0.941. The lowest BCUT2D eigenvalue weighted by molar-refractivity contribution is -0.352. The van der Waals surface area contributed by atoms with Crippen molar-refractivity contribution in [2.75, 3.05) is 26.2 Å². The predicted octanol–water partition coefficient (Wildman–Crippen LogP) is 0.955. The number of alkyl halides is 4. The fourth-order valence-corrected chi connectivity index (χ4v) is 5.53. The lowest BCUT2D eigenvalue weighted by atomic mass is 9.87. The van der Waals surface area contributed by atoms with E-state index in [1.807, 2.05) is 5.01 Å². The van der Waals surface area contributed by atoms with Crippen molar-refractivity contribution in [2.24, 2.45) is 5.92 Å². The number of carbonyl (C=O) groups excluding carboxylic acids is 1. The Labute approximate surface area is 167 Å². The Hall–Kier alpha value is -0.650. The first kappa shape index (κ1) is 20.6. The summed E-state index contributed by atoms with van der Waals surface area (Å²) in [5, 5.41) is 1.44. The molecule has 160 valence electrons. The minimum Gasteiger partial charge on any atom is -0.297 e. The van der Waals surface area contributed by atoms with E-state index in [1.54, 1.807) is 0 Å². The largest absolute Gasteiger partial charge is 0.522 e. The third-order valence-electron chi connectivity index (χ3n) is 6.51. The molecule has 1 aliphatic carbocycles. The van der Waals surface area contributed by atoms with Crippen molar-refractivity contribution in [2.45, 2.75) is 68.1 Å². The van der Waals surface area contributed by atoms with E-state index >= 15 is 0 Å². The van der Waals surface area contributed by atoms with Crippen LogP contribution in [0.5, 0.6) is 0 Å². The van der Waals surface area contributed by atoms with E-state index < -0.39 is 17.8 Å². The molecule has 3 saturated heterocycles. The first-order chi connectivity index (χ1) is 13.3. The number of rotatable bonds is 3. The molecule has 1 amide bonds. The van der Waals surface area contributed by atoms with Crippen molar-refractivity contribution in [3.63, 3.8) is 0 Å². The molecule has 0 aromatic heterocycles. The van der Waals surface area contributed by atoms with Gasteiger partial charge in [-0.05, 0) is 19.3 Å². The summed E-state index contributed by atoms with van der Waals surface area (Å²) in [7, 11) is 0. The Balaban J connectivity index is 1.40. The number of hydrogen-bond acceptors (Lipinski definition) is 6. The van der Waals surface area contributed by atoms with Gasteiger partial charge in [-0.15, -0.1) is 24.8 Å². The lowest BCUT2D eigenvalue weighted by Crippen LogP contribution is -2.64. The molecular formula is C17H27ClF3N5O2. The fourth-order valence-electron chi connectivity index (χ4n) is 5.23. The zero-order valence-corrected chi connectivity index (χ0v) is 16.3. The van der Waals surface area contributed by atoms with Gasteiger partial charge < -0.3 is 0 Å². The third-order valence-corrected chi connectivity index (χ3v) is 7.00. The van der Waals surface area contributed by atoms with Crippen LogP contribution >= 0.6 is 11.6 Å². The lowest BCUT2D eigenvalue weighted by Gasteiger charge is -2.46. The molecule has 0 aromatic carbocycles. The van der Waals surface area contributed by atoms with Crippen LogP contribution in [0, 0.1) is 5.92 Å². The molecule has 6 atom stereocenters. The summed E-state index contributed by atoms with van der Waals surface area (Å²) in [5.41, 5.74) is 8.79. The van der Waals surface area contributed by atoms with Gasteiger partial charge in [-0.1, -0.05) is 12.8 Å².